The third-order valence-corrected chi connectivity index (χ3v) is 2.63. The third kappa shape index (κ3) is 2.97. The van der Waals surface area contributed by atoms with E-state index in [2.05, 4.69) is 27.8 Å². The standard InChI is InChI=1S/C12H18N4/c13-7-6-11-9-15-12(16-11)14-8-10-4-2-1-3-5-10/h1-5,11H,6-9,13H2,(H2,14,15,16). The van der Waals surface area contributed by atoms with Gasteiger partial charge in [-0.05, 0) is 18.5 Å². The van der Waals surface area contributed by atoms with E-state index in [1.165, 1.54) is 5.56 Å². The highest BCUT2D eigenvalue weighted by atomic mass is 15.2. The zero-order chi connectivity index (χ0) is 11.2. The van der Waals surface area contributed by atoms with Crippen LogP contribution >= 0.6 is 0 Å². The van der Waals surface area contributed by atoms with Crippen molar-refractivity contribution in [3.05, 3.63) is 35.9 Å². The maximum Gasteiger partial charge on any atom is 0.191 e. The van der Waals surface area contributed by atoms with Crippen LogP contribution in [0.4, 0.5) is 0 Å². The third-order valence-electron chi connectivity index (χ3n) is 2.63. The van der Waals surface area contributed by atoms with Crippen molar-refractivity contribution < 1.29 is 0 Å². The molecule has 1 unspecified atom stereocenters. The van der Waals surface area contributed by atoms with Gasteiger partial charge in [-0.2, -0.15) is 0 Å². The molecule has 4 nitrogen and oxygen atoms in total. The van der Waals surface area contributed by atoms with Crippen molar-refractivity contribution in [1.82, 2.24) is 10.6 Å². The average Bonchev–Trinajstić information content (AvgIpc) is 2.76. The first-order valence-corrected chi connectivity index (χ1v) is 5.67. The van der Waals surface area contributed by atoms with Gasteiger partial charge >= 0.3 is 0 Å². The maximum absolute atomic E-state index is 5.51. The van der Waals surface area contributed by atoms with Crippen LogP contribution in [0.2, 0.25) is 0 Å². The first kappa shape index (κ1) is 11.0. The number of aliphatic imine (C=N–C) groups is 1. The van der Waals surface area contributed by atoms with Crippen LogP contribution in [0.15, 0.2) is 35.3 Å². The lowest BCUT2D eigenvalue weighted by Crippen LogP contribution is -2.39. The molecule has 0 aliphatic carbocycles. The number of nitrogens with one attached hydrogen (secondary N) is 2. The van der Waals surface area contributed by atoms with Crippen LogP contribution in [0.3, 0.4) is 0 Å². The summed E-state index contributed by atoms with van der Waals surface area (Å²) in [4.78, 5) is 4.39. The lowest BCUT2D eigenvalue weighted by atomic mass is 10.2. The molecule has 0 fully saturated rings. The molecule has 1 aliphatic rings. The van der Waals surface area contributed by atoms with E-state index >= 15 is 0 Å². The van der Waals surface area contributed by atoms with Crippen molar-refractivity contribution in [2.45, 2.75) is 19.0 Å². The van der Waals surface area contributed by atoms with Gasteiger partial charge in [0.25, 0.3) is 0 Å². The van der Waals surface area contributed by atoms with Crippen LogP contribution in [0.25, 0.3) is 0 Å². The van der Waals surface area contributed by atoms with Crippen LogP contribution in [0.5, 0.6) is 0 Å². The Morgan fingerprint density at radius 1 is 1.38 bits per heavy atom. The minimum absolute atomic E-state index is 0.406. The molecule has 0 spiro atoms. The van der Waals surface area contributed by atoms with Crippen LogP contribution in [-0.2, 0) is 6.54 Å². The Bertz CT molecular complexity index is 347. The Morgan fingerprint density at radius 2 is 2.19 bits per heavy atom. The normalized spacial score (nSPS) is 19.1. The monoisotopic (exact) mass is 218 g/mol. The number of nitrogens with zero attached hydrogens (tertiary/aromatic N) is 1. The molecule has 4 N–H and O–H groups in total. The summed E-state index contributed by atoms with van der Waals surface area (Å²) < 4.78 is 0. The summed E-state index contributed by atoms with van der Waals surface area (Å²) in [6.45, 7) is 2.34. The van der Waals surface area contributed by atoms with Gasteiger partial charge in [0.1, 0.15) is 0 Å². The van der Waals surface area contributed by atoms with Gasteiger partial charge in [-0.15, -0.1) is 0 Å². The highest BCUT2D eigenvalue weighted by Crippen LogP contribution is 2.00. The molecule has 2 rings (SSSR count). The summed E-state index contributed by atoms with van der Waals surface area (Å²) in [5.74, 6) is 0.891. The highest BCUT2D eigenvalue weighted by Gasteiger charge is 2.15. The molecule has 1 atom stereocenters. The van der Waals surface area contributed by atoms with Crippen LogP contribution in [0, 0.1) is 0 Å². The van der Waals surface area contributed by atoms with E-state index in [0.29, 0.717) is 12.6 Å². The molecule has 0 radical (unpaired) electrons. The largest absolute Gasteiger partial charge is 0.352 e. The maximum atomic E-state index is 5.51. The summed E-state index contributed by atoms with van der Waals surface area (Å²) in [6.07, 6.45) is 0.972. The van der Waals surface area contributed by atoms with Crippen LogP contribution in [0.1, 0.15) is 12.0 Å². The molecule has 0 saturated carbocycles. The number of guanidine groups is 1. The Kier molecular flexibility index (Phi) is 3.77. The quantitative estimate of drug-likeness (QED) is 0.687. The fraction of sp³-hybridized carbons (Fsp3) is 0.417. The molecule has 0 aromatic heterocycles. The van der Waals surface area contributed by atoms with Gasteiger partial charge in [0, 0.05) is 12.6 Å². The SMILES string of the molecule is NCCC1CN=C(NCc2ccccc2)N1. The van der Waals surface area contributed by atoms with Crippen molar-refractivity contribution in [2.24, 2.45) is 10.7 Å². The molecule has 0 bridgehead atoms. The fourth-order valence-electron chi connectivity index (χ4n) is 1.74. The summed E-state index contributed by atoms with van der Waals surface area (Å²) in [7, 11) is 0. The van der Waals surface area contributed by atoms with Crippen molar-refractivity contribution in [1.29, 1.82) is 0 Å². The first-order chi connectivity index (χ1) is 7.88. The summed E-state index contributed by atoms with van der Waals surface area (Å²) in [5, 5.41) is 6.61. The summed E-state index contributed by atoms with van der Waals surface area (Å²) in [5.41, 5.74) is 6.77. The van der Waals surface area contributed by atoms with E-state index in [1.54, 1.807) is 0 Å². The van der Waals surface area contributed by atoms with E-state index < -0.39 is 0 Å². The number of rotatable bonds is 4. The lowest BCUT2D eigenvalue weighted by molar-refractivity contribution is 0.604. The molecular formula is C12H18N4. The second-order valence-corrected chi connectivity index (χ2v) is 3.95. The molecule has 0 saturated heterocycles. The zero-order valence-electron chi connectivity index (χ0n) is 9.32. The smallest absolute Gasteiger partial charge is 0.191 e. The van der Waals surface area contributed by atoms with Gasteiger partial charge in [-0.25, -0.2) is 0 Å². The Labute approximate surface area is 96.0 Å². The van der Waals surface area contributed by atoms with Gasteiger partial charge in [-0.1, -0.05) is 30.3 Å². The minimum Gasteiger partial charge on any atom is -0.352 e. The molecule has 0 amide bonds. The molecule has 16 heavy (non-hydrogen) atoms. The predicted molar refractivity (Wildman–Crippen MR) is 66.2 cm³/mol. The Balaban J connectivity index is 1.76. The van der Waals surface area contributed by atoms with Crippen molar-refractivity contribution >= 4 is 5.96 Å². The molecule has 1 aliphatic heterocycles. The molecule has 1 aromatic carbocycles. The first-order valence-electron chi connectivity index (χ1n) is 5.67. The van der Waals surface area contributed by atoms with Crippen LogP contribution < -0.4 is 16.4 Å². The van der Waals surface area contributed by atoms with Gasteiger partial charge in [0.15, 0.2) is 5.96 Å². The minimum atomic E-state index is 0.406. The van der Waals surface area contributed by atoms with Crippen molar-refractivity contribution in [3.8, 4) is 0 Å². The van der Waals surface area contributed by atoms with E-state index in [1.807, 2.05) is 18.2 Å². The molecule has 4 heteroatoms. The Hall–Kier alpha value is -1.55. The fourth-order valence-corrected chi connectivity index (χ4v) is 1.74. The second-order valence-electron chi connectivity index (χ2n) is 3.95. The molecular weight excluding hydrogens is 200 g/mol. The van der Waals surface area contributed by atoms with E-state index in [4.69, 9.17) is 5.73 Å². The van der Waals surface area contributed by atoms with E-state index in [9.17, 15) is 0 Å². The van der Waals surface area contributed by atoms with Gasteiger partial charge < -0.3 is 16.4 Å². The number of hydrogen-bond acceptors (Lipinski definition) is 4. The lowest BCUT2D eigenvalue weighted by Gasteiger charge is -2.11. The van der Waals surface area contributed by atoms with Gasteiger partial charge in [0.2, 0.25) is 0 Å². The molecule has 1 heterocycles. The predicted octanol–water partition coefficient (Wildman–Crippen LogP) is 0.453. The summed E-state index contributed by atoms with van der Waals surface area (Å²) >= 11 is 0. The highest BCUT2D eigenvalue weighted by molar-refractivity contribution is 5.81. The van der Waals surface area contributed by atoms with Gasteiger partial charge in [0.05, 0.1) is 6.54 Å². The van der Waals surface area contributed by atoms with Crippen LogP contribution in [-0.4, -0.2) is 25.1 Å². The van der Waals surface area contributed by atoms with Crippen molar-refractivity contribution in [2.75, 3.05) is 13.1 Å². The Morgan fingerprint density at radius 3 is 2.94 bits per heavy atom. The topological polar surface area (TPSA) is 62.4 Å². The molecule has 86 valence electrons. The van der Waals surface area contributed by atoms with Crippen molar-refractivity contribution in [3.63, 3.8) is 0 Å². The second kappa shape index (κ2) is 5.51. The van der Waals surface area contributed by atoms with E-state index in [-0.39, 0.29) is 0 Å². The molecule has 1 aromatic rings. The summed E-state index contributed by atoms with van der Waals surface area (Å²) in [6, 6.07) is 10.7. The number of nitrogens with two attached hydrogens (primary N) is 1. The number of hydrogen-bond donors (Lipinski definition) is 3. The number of benzene rings is 1. The van der Waals surface area contributed by atoms with Gasteiger partial charge in [-0.3, -0.25) is 4.99 Å². The zero-order valence-corrected chi connectivity index (χ0v) is 9.32. The van der Waals surface area contributed by atoms with E-state index in [0.717, 1.165) is 25.5 Å². The average molecular weight is 218 g/mol.